The molecule has 20 heavy (non-hydrogen) atoms. The highest BCUT2D eigenvalue weighted by atomic mass is 16.6. The summed E-state index contributed by atoms with van der Waals surface area (Å²) in [7, 11) is 0. The number of ether oxygens (including phenoxy) is 1. The van der Waals surface area contributed by atoms with Crippen LogP contribution in [0.25, 0.3) is 0 Å². The van der Waals surface area contributed by atoms with Gasteiger partial charge in [0.1, 0.15) is 5.60 Å². The molecule has 0 aliphatic heterocycles. The zero-order valence-electron chi connectivity index (χ0n) is 13.5. The molecule has 3 N–H and O–H groups in total. The predicted octanol–water partition coefficient (Wildman–Crippen LogP) is 2.83. The highest BCUT2D eigenvalue weighted by Crippen LogP contribution is 2.17. The lowest BCUT2D eigenvalue weighted by atomic mass is 9.92. The Kier molecular flexibility index (Phi) is 8.26. The van der Waals surface area contributed by atoms with Crippen LogP contribution < -0.4 is 11.1 Å². The molecule has 0 spiro atoms. The van der Waals surface area contributed by atoms with E-state index in [-0.39, 0.29) is 11.8 Å². The van der Waals surface area contributed by atoms with Gasteiger partial charge >= 0.3 is 6.09 Å². The second-order valence-electron chi connectivity index (χ2n) is 6.65. The Hall–Kier alpha value is -1.26. The first-order chi connectivity index (χ1) is 9.11. The summed E-state index contributed by atoms with van der Waals surface area (Å²) < 4.78 is 5.13. The average Bonchev–Trinajstić information content (AvgIpc) is 2.23. The van der Waals surface area contributed by atoms with Crippen molar-refractivity contribution in [1.29, 1.82) is 0 Å². The molecule has 0 aliphatic rings. The van der Waals surface area contributed by atoms with Crippen molar-refractivity contribution in [2.24, 2.45) is 17.6 Å². The fourth-order valence-electron chi connectivity index (χ4n) is 1.97. The highest BCUT2D eigenvalue weighted by molar-refractivity contribution is 5.76. The molecule has 0 fully saturated rings. The average molecular weight is 286 g/mol. The van der Waals surface area contributed by atoms with Gasteiger partial charge in [-0.15, -0.1) is 0 Å². The number of amides is 2. The number of rotatable bonds is 8. The van der Waals surface area contributed by atoms with E-state index in [0.717, 1.165) is 25.7 Å². The first-order valence-corrected chi connectivity index (χ1v) is 7.38. The molecule has 5 nitrogen and oxygen atoms in total. The van der Waals surface area contributed by atoms with E-state index in [4.69, 9.17) is 10.5 Å². The third-order valence-corrected chi connectivity index (χ3v) is 2.81. The minimum atomic E-state index is -0.474. The summed E-state index contributed by atoms with van der Waals surface area (Å²) >= 11 is 0. The van der Waals surface area contributed by atoms with Gasteiger partial charge < -0.3 is 15.8 Å². The number of unbranched alkanes of at least 4 members (excludes halogenated alkanes) is 1. The Balaban J connectivity index is 3.79. The Bertz CT molecular complexity index is 309. The van der Waals surface area contributed by atoms with Crippen LogP contribution in [-0.4, -0.2) is 24.1 Å². The van der Waals surface area contributed by atoms with E-state index in [1.807, 2.05) is 20.8 Å². The van der Waals surface area contributed by atoms with Crippen LogP contribution in [0.4, 0.5) is 4.79 Å². The van der Waals surface area contributed by atoms with Crippen molar-refractivity contribution in [3.05, 3.63) is 0 Å². The van der Waals surface area contributed by atoms with E-state index in [9.17, 15) is 9.59 Å². The first kappa shape index (κ1) is 18.7. The molecule has 0 saturated carbocycles. The summed E-state index contributed by atoms with van der Waals surface area (Å²) in [6, 6.07) is 0. The summed E-state index contributed by atoms with van der Waals surface area (Å²) in [6.07, 6.45) is 2.90. The van der Waals surface area contributed by atoms with Gasteiger partial charge in [-0.1, -0.05) is 20.3 Å². The molecule has 0 aromatic rings. The molecule has 1 unspecified atom stereocenters. The van der Waals surface area contributed by atoms with E-state index in [1.54, 1.807) is 0 Å². The van der Waals surface area contributed by atoms with E-state index in [0.29, 0.717) is 12.5 Å². The van der Waals surface area contributed by atoms with Crippen molar-refractivity contribution in [2.45, 2.75) is 65.9 Å². The molecule has 0 heterocycles. The van der Waals surface area contributed by atoms with Crippen molar-refractivity contribution in [3.8, 4) is 0 Å². The Morgan fingerprint density at radius 3 is 2.25 bits per heavy atom. The van der Waals surface area contributed by atoms with Crippen LogP contribution in [-0.2, 0) is 9.53 Å². The summed E-state index contributed by atoms with van der Waals surface area (Å²) in [4.78, 5) is 22.7. The quantitative estimate of drug-likeness (QED) is 0.673. The lowest BCUT2D eigenvalue weighted by Crippen LogP contribution is -2.33. The van der Waals surface area contributed by atoms with E-state index in [1.165, 1.54) is 0 Å². The monoisotopic (exact) mass is 286 g/mol. The van der Waals surface area contributed by atoms with Gasteiger partial charge in [-0.3, -0.25) is 4.79 Å². The molecular weight excluding hydrogens is 256 g/mol. The van der Waals surface area contributed by atoms with E-state index in [2.05, 4.69) is 19.2 Å². The Morgan fingerprint density at radius 1 is 1.20 bits per heavy atom. The smallest absolute Gasteiger partial charge is 0.407 e. The molecular formula is C15H30N2O3. The molecule has 0 saturated heterocycles. The molecule has 1 atom stereocenters. The maximum atomic E-state index is 11.4. The number of hydrogen-bond donors (Lipinski definition) is 2. The zero-order chi connectivity index (χ0) is 15.8. The number of carbonyl (C=O) groups excluding carboxylic acids is 2. The largest absolute Gasteiger partial charge is 0.444 e. The molecule has 0 radical (unpaired) electrons. The van der Waals surface area contributed by atoms with Crippen molar-refractivity contribution in [1.82, 2.24) is 5.32 Å². The SMILES string of the molecule is CC(C)CC(CCCCNC(=O)OC(C)(C)C)C(N)=O. The first-order valence-electron chi connectivity index (χ1n) is 7.38. The van der Waals surface area contributed by atoms with Crippen LogP contribution in [0, 0.1) is 11.8 Å². The molecule has 0 aromatic carbocycles. The van der Waals surface area contributed by atoms with Crippen molar-refractivity contribution in [2.75, 3.05) is 6.54 Å². The van der Waals surface area contributed by atoms with Crippen molar-refractivity contribution >= 4 is 12.0 Å². The number of hydrogen-bond acceptors (Lipinski definition) is 3. The number of alkyl carbamates (subject to hydrolysis) is 1. The fourth-order valence-corrected chi connectivity index (χ4v) is 1.97. The molecule has 118 valence electrons. The van der Waals surface area contributed by atoms with Crippen LogP contribution >= 0.6 is 0 Å². The second-order valence-corrected chi connectivity index (χ2v) is 6.65. The number of nitrogens with two attached hydrogens (primary N) is 1. The zero-order valence-corrected chi connectivity index (χ0v) is 13.5. The molecule has 2 amide bonds. The number of nitrogens with one attached hydrogen (secondary N) is 1. The summed E-state index contributed by atoms with van der Waals surface area (Å²) in [6.45, 7) is 10.2. The lowest BCUT2D eigenvalue weighted by Gasteiger charge is -2.19. The second kappa shape index (κ2) is 8.82. The summed E-state index contributed by atoms with van der Waals surface area (Å²) in [5.41, 5.74) is 4.91. The molecule has 0 rings (SSSR count). The van der Waals surface area contributed by atoms with Crippen molar-refractivity contribution in [3.63, 3.8) is 0 Å². The van der Waals surface area contributed by atoms with Crippen LogP contribution in [0.15, 0.2) is 0 Å². The maximum absolute atomic E-state index is 11.4. The molecule has 0 aromatic heterocycles. The third kappa shape index (κ3) is 10.6. The minimum absolute atomic E-state index is 0.0588. The summed E-state index contributed by atoms with van der Waals surface area (Å²) in [5, 5.41) is 2.71. The van der Waals surface area contributed by atoms with Gasteiger partial charge in [0.25, 0.3) is 0 Å². The highest BCUT2D eigenvalue weighted by Gasteiger charge is 2.17. The number of carbonyl (C=O) groups is 2. The van der Waals surface area contributed by atoms with Crippen LogP contribution in [0.2, 0.25) is 0 Å². The van der Waals surface area contributed by atoms with Gasteiger partial charge in [0.05, 0.1) is 0 Å². The van der Waals surface area contributed by atoms with Gasteiger partial charge in [0.15, 0.2) is 0 Å². The van der Waals surface area contributed by atoms with E-state index < -0.39 is 11.7 Å². The maximum Gasteiger partial charge on any atom is 0.407 e. The van der Waals surface area contributed by atoms with Gasteiger partial charge in [-0.2, -0.15) is 0 Å². The van der Waals surface area contributed by atoms with Crippen molar-refractivity contribution < 1.29 is 14.3 Å². The fraction of sp³-hybridized carbons (Fsp3) is 0.867. The van der Waals surface area contributed by atoms with Gasteiger partial charge in [-0.05, 0) is 46.0 Å². The topological polar surface area (TPSA) is 81.4 Å². The third-order valence-electron chi connectivity index (χ3n) is 2.81. The van der Waals surface area contributed by atoms with Crippen LogP contribution in [0.1, 0.15) is 60.3 Å². The van der Waals surface area contributed by atoms with Gasteiger partial charge in [0.2, 0.25) is 5.91 Å². The van der Waals surface area contributed by atoms with Gasteiger partial charge in [-0.25, -0.2) is 4.79 Å². The minimum Gasteiger partial charge on any atom is -0.444 e. The van der Waals surface area contributed by atoms with E-state index >= 15 is 0 Å². The summed E-state index contributed by atoms with van der Waals surface area (Å²) in [5.74, 6) is 0.183. The lowest BCUT2D eigenvalue weighted by molar-refractivity contribution is -0.122. The predicted molar refractivity (Wildman–Crippen MR) is 80.2 cm³/mol. The normalized spacial score (nSPS) is 13.1. The number of primary amides is 1. The standard InChI is InChI=1S/C15H30N2O3/c1-11(2)10-12(13(16)18)8-6-7-9-17-14(19)20-15(3,4)5/h11-12H,6-10H2,1-5H3,(H2,16,18)(H,17,19). The molecule has 5 heteroatoms. The Morgan fingerprint density at radius 2 is 1.80 bits per heavy atom. The Labute approximate surface area is 122 Å². The van der Waals surface area contributed by atoms with Gasteiger partial charge in [0, 0.05) is 12.5 Å². The molecule has 0 bridgehead atoms. The van der Waals surface area contributed by atoms with Crippen LogP contribution in [0.5, 0.6) is 0 Å². The molecule has 0 aliphatic carbocycles. The van der Waals surface area contributed by atoms with Crippen LogP contribution in [0.3, 0.4) is 0 Å².